The molecule has 2 aromatic rings. The Kier molecular flexibility index (Phi) is 2.31. The SMILES string of the molecule is Cc1c[n+](N2C(=O)c3ccccc3C2=O)sc1C. The lowest BCUT2D eigenvalue weighted by Gasteiger charge is -2.01. The van der Waals surface area contributed by atoms with Gasteiger partial charge in [0.25, 0.3) is 0 Å². The predicted molar refractivity (Wildman–Crippen MR) is 67.3 cm³/mol. The zero-order chi connectivity index (χ0) is 12.9. The zero-order valence-corrected chi connectivity index (χ0v) is 10.8. The van der Waals surface area contributed by atoms with Gasteiger partial charge in [0, 0.05) is 5.56 Å². The second-order valence-corrected chi connectivity index (χ2v) is 5.40. The van der Waals surface area contributed by atoms with Gasteiger partial charge in [0.2, 0.25) is 6.20 Å². The summed E-state index contributed by atoms with van der Waals surface area (Å²) in [5.74, 6) is -0.524. The van der Waals surface area contributed by atoms with Gasteiger partial charge in [0.15, 0.2) is 11.5 Å². The number of benzene rings is 1. The van der Waals surface area contributed by atoms with E-state index in [0.29, 0.717) is 11.1 Å². The Labute approximate surface area is 108 Å². The van der Waals surface area contributed by atoms with Crippen molar-refractivity contribution in [2.24, 2.45) is 0 Å². The highest BCUT2D eigenvalue weighted by atomic mass is 32.1. The van der Waals surface area contributed by atoms with Gasteiger partial charge in [-0.1, -0.05) is 12.1 Å². The highest BCUT2D eigenvalue weighted by Crippen LogP contribution is 2.20. The molecule has 0 atom stereocenters. The molecule has 2 amide bonds. The number of nitrogens with zero attached hydrogens (tertiary/aromatic N) is 2. The fourth-order valence-electron chi connectivity index (χ4n) is 1.95. The second-order valence-electron chi connectivity index (χ2n) is 4.23. The van der Waals surface area contributed by atoms with Crippen LogP contribution >= 0.6 is 11.5 Å². The van der Waals surface area contributed by atoms with Gasteiger partial charge >= 0.3 is 11.8 Å². The van der Waals surface area contributed by atoms with Crippen LogP contribution in [0.2, 0.25) is 0 Å². The standard InChI is InChI=1S/C13H11N2O2S/c1-8-7-14(18-9(8)2)15-12(16)10-5-3-4-6-11(10)13(15)17/h3-7H,1-2H3/q+1. The predicted octanol–water partition coefficient (Wildman–Crippen LogP) is 1.58. The van der Waals surface area contributed by atoms with Crippen molar-refractivity contribution in [3.8, 4) is 0 Å². The van der Waals surface area contributed by atoms with E-state index in [4.69, 9.17) is 0 Å². The lowest BCUT2D eigenvalue weighted by molar-refractivity contribution is -0.601. The van der Waals surface area contributed by atoms with Gasteiger partial charge in [0.05, 0.1) is 16.0 Å². The lowest BCUT2D eigenvalue weighted by atomic mass is 10.1. The summed E-state index contributed by atoms with van der Waals surface area (Å²) in [6.07, 6.45) is 1.81. The molecule has 0 spiro atoms. The van der Waals surface area contributed by atoms with Crippen LogP contribution in [0.25, 0.3) is 0 Å². The Morgan fingerprint density at radius 1 is 1.06 bits per heavy atom. The average molecular weight is 259 g/mol. The number of fused-ring (bicyclic) bond motifs is 1. The molecule has 1 aromatic heterocycles. The summed E-state index contributed by atoms with van der Waals surface area (Å²) in [7, 11) is 0. The van der Waals surface area contributed by atoms with Crippen molar-refractivity contribution < 1.29 is 13.7 Å². The average Bonchev–Trinajstić information content (AvgIpc) is 2.80. The van der Waals surface area contributed by atoms with E-state index in [9.17, 15) is 9.59 Å². The summed E-state index contributed by atoms with van der Waals surface area (Å²) in [5, 5.41) is 1.19. The molecule has 0 N–H and O–H groups in total. The fourth-order valence-corrected chi connectivity index (χ4v) is 2.87. The molecular weight excluding hydrogens is 248 g/mol. The van der Waals surface area contributed by atoms with Crippen molar-refractivity contribution in [1.29, 1.82) is 0 Å². The Morgan fingerprint density at radius 3 is 2.06 bits per heavy atom. The monoisotopic (exact) mass is 259 g/mol. The number of aromatic nitrogens is 1. The molecule has 0 unspecified atom stereocenters. The van der Waals surface area contributed by atoms with E-state index in [1.807, 2.05) is 20.0 Å². The first-order chi connectivity index (χ1) is 8.59. The van der Waals surface area contributed by atoms with E-state index in [1.54, 1.807) is 28.3 Å². The maximum Gasteiger partial charge on any atom is 0.320 e. The van der Waals surface area contributed by atoms with Crippen LogP contribution in [0.5, 0.6) is 0 Å². The largest absolute Gasteiger partial charge is 0.320 e. The molecule has 0 saturated carbocycles. The van der Waals surface area contributed by atoms with Crippen molar-refractivity contribution >= 4 is 23.3 Å². The molecule has 4 nitrogen and oxygen atoms in total. The summed E-state index contributed by atoms with van der Waals surface area (Å²) in [6.45, 7) is 3.93. The van der Waals surface area contributed by atoms with Crippen molar-refractivity contribution in [3.63, 3.8) is 0 Å². The van der Waals surface area contributed by atoms with Crippen LogP contribution in [-0.4, -0.2) is 11.8 Å². The highest BCUT2D eigenvalue weighted by Gasteiger charge is 2.43. The van der Waals surface area contributed by atoms with Crippen molar-refractivity contribution in [3.05, 3.63) is 52.0 Å². The first-order valence-electron chi connectivity index (χ1n) is 5.57. The van der Waals surface area contributed by atoms with Crippen molar-refractivity contribution in [1.82, 2.24) is 0 Å². The summed E-state index contributed by atoms with van der Waals surface area (Å²) in [6, 6.07) is 6.90. The molecule has 1 aromatic carbocycles. The van der Waals surface area contributed by atoms with E-state index in [1.165, 1.54) is 16.5 Å². The molecule has 90 valence electrons. The van der Waals surface area contributed by atoms with E-state index >= 15 is 0 Å². The van der Waals surface area contributed by atoms with Gasteiger partial charge in [-0.15, -0.1) is 0 Å². The molecule has 0 saturated heterocycles. The van der Waals surface area contributed by atoms with Crippen molar-refractivity contribution in [2.75, 3.05) is 5.01 Å². The second kappa shape index (κ2) is 3.74. The number of aryl methyl sites for hydroxylation is 2. The summed E-state index contributed by atoms with van der Waals surface area (Å²) >= 11 is 1.39. The topological polar surface area (TPSA) is 41.3 Å². The van der Waals surface area contributed by atoms with Gasteiger partial charge in [-0.25, -0.2) is 0 Å². The number of hydrogen-bond donors (Lipinski definition) is 0. The van der Waals surface area contributed by atoms with Crippen LogP contribution in [0.4, 0.5) is 0 Å². The Hall–Kier alpha value is -2.01. The normalized spacial score (nSPS) is 14.2. The van der Waals surface area contributed by atoms with Crippen molar-refractivity contribution in [2.45, 2.75) is 13.8 Å². The molecule has 0 radical (unpaired) electrons. The molecule has 18 heavy (non-hydrogen) atoms. The molecule has 1 aliphatic rings. The van der Waals surface area contributed by atoms with E-state index < -0.39 is 0 Å². The fraction of sp³-hybridized carbons (Fsp3) is 0.154. The number of imide groups is 1. The quantitative estimate of drug-likeness (QED) is 0.576. The smallest absolute Gasteiger partial charge is 0.262 e. The van der Waals surface area contributed by atoms with Crippen LogP contribution in [0.15, 0.2) is 30.5 Å². The number of rotatable bonds is 1. The van der Waals surface area contributed by atoms with Gasteiger partial charge in [-0.2, -0.15) is 0 Å². The van der Waals surface area contributed by atoms with Crippen LogP contribution in [-0.2, 0) is 0 Å². The summed E-state index contributed by atoms with van der Waals surface area (Å²) in [4.78, 5) is 25.5. The Balaban J connectivity index is 2.12. The number of amides is 2. The third kappa shape index (κ3) is 1.41. The highest BCUT2D eigenvalue weighted by molar-refractivity contribution is 7.02. The molecule has 0 aliphatic carbocycles. The van der Waals surface area contributed by atoms with Gasteiger partial charge in [-0.3, -0.25) is 9.59 Å². The number of hydrogen-bond acceptors (Lipinski definition) is 3. The van der Waals surface area contributed by atoms with Crippen LogP contribution in [0.3, 0.4) is 0 Å². The summed E-state index contributed by atoms with van der Waals surface area (Å²) in [5.41, 5.74) is 2.01. The molecule has 5 heteroatoms. The maximum atomic E-state index is 12.2. The van der Waals surface area contributed by atoms with Crippen LogP contribution in [0, 0.1) is 13.8 Å². The van der Waals surface area contributed by atoms with E-state index in [0.717, 1.165) is 10.4 Å². The van der Waals surface area contributed by atoms with E-state index in [-0.39, 0.29) is 11.8 Å². The third-order valence-corrected chi connectivity index (χ3v) is 4.11. The minimum Gasteiger partial charge on any atom is -0.262 e. The molecule has 2 heterocycles. The van der Waals surface area contributed by atoms with Gasteiger partial charge in [-0.05, 0) is 35.1 Å². The minimum atomic E-state index is -0.262. The Morgan fingerprint density at radius 2 is 1.61 bits per heavy atom. The van der Waals surface area contributed by atoms with Gasteiger partial charge in [0.1, 0.15) is 0 Å². The minimum absolute atomic E-state index is 0.262. The molecule has 3 rings (SSSR count). The van der Waals surface area contributed by atoms with Crippen LogP contribution < -0.4 is 9.07 Å². The zero-order valence-electron chi connectivity index (χ0n) is 10.0. The van der Waals surface area contributed by atoms with Gasteiger partial charge < -0.3 is 0 Å². The first kappa shape index (κ1) is 11.1. The third-order valence-electron chi connectivity index (χ3n) is 3.06. The van der Waals surface area contributed by atoms with Crippen LogP contribution in [0.1, 0.15) is 31.2 Å². The lowest BCUT2D eigenvalue weighted by Crippen LogP contribution is -2.58. The number of carbonyl (C=O) groups is 2. The number of carbonyl (C=O) groups excluding carboxylic acids is 2. The molecule has 0 bridgehead atoms. The summed E-state index contributed by atoms with van der Waals surface area (Å²) < 4.78 is 1.61. The Bertz CT molecular complexity index is 621. The molecule has 1 aliphatic heterocycles. The van der Waals surface area contributed by atoms with E-state index in [2.05, 4.69) is 0 Å². The first-order valence-corrected chi connectivity index (χ1v) is 6.34. The molecular formula is C13H11N2O2S+. The molecule has 0 fully saturated rings. The maximum absolute atomic E-state index is 12.2.